The van der Waals surface area contributed by atoms with Gasteiger partial charge in [-0.3, -0.25) is 4.79 Å². The van der Waals surface area contributed by atoms with E-state index >= 15 is 0 Å². The van der Waals surface area contributed by atoms with Crippen molar-refractivity contribution >= 4 is 17.6 Å². The third kappa shape index (κ3) is 3.17. The average molecular weight is 276 g/mol. The summed E-state index contributed by atoms with van der Waals surface area (Å²) in [4.78, 5) is 23.6. The van der Waals surface area contributed by atoms with Gasteiger partial charge in [0.15, 0.2) is 0 Å². The van der Waals surface area contributed by atoms with Gasteiger partial charge < -0.3 is 15.4 Å². The molecule has 1 atom stereocenters. The highest BCUT2D eigenvalue weighted by Crippen LogP contribution is 2.21. The van der Waals surface area contributed by atoms with Crippen LogP contribution in [-0.2, 0) is 9.53 Å². The van der Waals surface area contributed by atoms with Crippen LogP contribution in [0, 0.1) is 0 Å². The molecule has 0 spiro atoms. The number of esters is 1. The number of hydrogen-bond acceptors (Lipinski definition) is 4. The van der Waals surface area contributed by atoms with Crippen molar-refractivity contribution < 1.29 is 14.3 Å². The van der Waals surface area contributed by atoms with E-state index in [1.54, 1.807) is 24.3 Å². The Balaban J connectivity index is 2.02. The maximum atomic E-state index is 12.3. The van der Waals surface area contributed by atoms with Crippen molar-refractivity contribution in [3.05, 3.63) is 29.8 Å². The molecule has 5 nitrogen and oxygen atoms in total. The second kappa shape index (κ2) is 6.05. The summed E-state index contributed by atoms with van der Waals surface area (Å²) < 4.78 is 4.63. The molecule has 1 aliphatic rings. The van der Waals surface area contributed by atoms with Crippen LogP contribution in [-0.4, -0.2) is 31.1 Å². The van der Waals surface area contributed by atoms with Crippen molar-refractivity contribution in [3.8, 4) is 0 Å². The smallest absolute Gasteiger partial charge is 0.337 e. The van der Waals surface area contributed by atoms with Gasteiger partial charge in [-0.05, 0) is 57.0 Å². The van der Waals surface area contributed by atoms with Crippen molar-refractivity contribution in [1.29, 1.82) is 0 Å². The van der Waals surface area contributed by atoms with E-state index in [0.717, 1.165) is 25.8 Å². The van der Waals surface area contributed by atoms with Gasteiger partial charge in [-0.25, -0.2) is 4.79 Å². The molecule has 1 aliphatic heterocycles. The van der Waals surface area contributed by atoms with Gasteiger partial charge in [-0.1, -0.05) is 0 Å². The standard InChI is InChI=1S/C15H20N2O3/c1-15(9-3-4-10-16-15)14(19)17-12-7-5-11(6-8-12)13(18)20-2/h5-8,16H,3-4,9-10H2,1-2H3,(H,17,19). The Kier molecular flexibility index (Phi) is 4.39. The first-order valence-corrected chi connectivity index (χ1v) is 6.80. The lowest BCUT2D eigenvalue weighted by Gasteiger charge is -2.33. The summed E-state index contributed by atoms with van der Waals surface area (Å²) >= 11 is 0. The quantitative estimate of drug-likeness (QED) is 0.828. The highest BCUT2D eigenvalue weighted by atomic mass is 16.5. The van der Waals surface area contributed by atoms with Crippen molar-refractivity contribution in [2.45, 2.75) is 31.7 Å². The maximum Gasteiger partial charge on any atom is 0.337 e. The summed E-state index contributed by atoms with van der Waals surface area (Å²) in [5.74, 6) is -0.424. The van der Waals surface area contributed by atoms with Gasteiger partial charge in [0.1, 0.15) is 0 Å². The lowest BCUT2D eigenvalue weighted by Crippen LogP contribution is -2.54. The lowest BCUT2D eigenvalue weighted by molar-refractivity contribution is -0.122. The molecule has 5 heteroatoms. The van der Waals surface area contributed by atoms with E-state index < -0.39 is 5.54 Å². The number of benzene rings is 1. The first kappa shape index (κ1) is 14.5. The molecule has 1 aromatic rings. The van der Waals surface area contributed by atoms with Gasteiger partial charge in [0.2, 0.25) is 5.91 Å². The molecule has 1 fully saturated rings. The topological polar surface area (TPSA) is 67.4 Å². The molecule has 0 aliphatic carbocycles. The van der Waals surface area contributed by atoms with Crippen LogP contribution in [0.15, 0.2) is 24.3 Å². The molecule has 0 aromatic heterocycles. The third-order valence-corrected chi connectivity index (χ3v) is 3.68. The first-order chi connectivity index (χ1) is 9.55. The Morgan fingerprint density at radius 2 is 1.95 bits per heavy atom. The normalized spacial score (nSPS) is 22.1. The van der Waals surface area contributed by atoms with Crippen molar-refractivity contribution in [1.82, 2.24) is 5.32 Å². The molecule has 2 N–H and O–H groups in total. The van der Waals surface area contributed by atoms with E-state index in [1.807, 2.05) is 6.92 Å². The minimum atomic E-state index is -0.515. The molecule has 108 valence electrons. The minimum Gasteiger partial charge on any atom is -0.465 e. The Labute approximate surface area is 118 Å². The number of rotatable bonds is 3. The maximum absolute atomic E-state index is 12.3. The molecular formula is C15H20N2O3. The van der Waals surface area contributed by atoms with E-state index in [9.17, 15) is 9.59 Å². The molecule has 0 radical (unpaired) electrons. The van der Waals surface area contributed by atoms with Gasteiger partial charge in [-0.15, -0.1) is 0 Å². The van der Waals surface area contributed by atoms with Gasteiger partial charge in [0.05, 0.1) is 18.2 Å². The van der Waals surface area contributed by atoms with Crippen LogP contribution in [0.4, 0.5) is 5.69 Å². The van der Waals surface area contributed by atoms with Crippen molar-refractivity contribution in [3.63, 3.8) is 0 Å². The fourth-order valence-electron chi connectivity index (χ4n) is 2.33. The molecule has 1 unspecified atom stereocenters. The summed E-state index contributed by atoms with van der Waals surface area (Å²) in [5.41, 5.74) is 0.628. The number of carbonyl (C=O) groups excluding carboxylic acids is 2. The summed E-state index contributed by atoms with van der Waals surface area (Å²) in [6, 6.07) is 6.68. The highest BCUT2D eigenvalue weighted by molar-refractivity contribution is 5.98. The van der Waals surface area contributed by atoms with Crippen LogP contribution < -0.4 is 10.6 Å². The van der Waals surface area contributed by atoms with E-state index in [-0.39, 0.29) is 11.9 Å². The number of amides is 1. The molecule has 20 heavy (non-hydrogen) atoms. The first-order valence-electron chi connectivity index (χ1n) is 6.80. The van der Waals surface area contributed by atoms with Gasteiger partial charge in [0, 0.05) is 5.69 Å². The molecular weight excluding hydrogens is 256 g/mol. The summed E-state index contributed by atoms with van der Waals surface area (Å²) in [6.45, 7) is 2.79. The van der Waals surface area contributed by atoms with Crippen LogP contribution in [0.3, 0.4) is 0 Å². The number of hydrogen-bond donors (Lipinski definition) is 2. The fraction of sp³-hybridized carbons (Fsp3) is 0.467. The molecule has 0 saturated carbocycles. The van der Waals surface area contributed by atoms with Gasteiger partial charge in [-0.2, -0.15) is 0 Å². The van der Waals surface area contributed by atoms with Crippen LogP contribution >= 0.6 is 0 Å². The Bertz CT molecular complexity index is 490. The zero-order chi connectivity index (χ0) is 14.6. The largest absolute Gasteiger partial charge is 0.465 e. The minimum absolute atomic E-state index is 0.0389. The zero-order valence-corrected chi connectivity index (χ0v) is 11.9. The second-order valence-electron chi connectivity index (χ2n) is 5.24. The van der Waals surface area contributed by atoms with Crippen LogP contribution in [0.25, 0.3) is 0 Å². The zero-order valence-electron chi connectivity index (χ0n) is 11.9. The highest BCUT2D eigenvalue weighted by Gasteiger charge is 2.34. The summed E-state index contributed by atoms with van der Waals surface area (Å²) in [6.07, 6.45) is 2.99. The predicted octanol–water partition coefficient (Wildman–Crippen LogP) is 1.94. The lowest BCUT2D eigenvalue weighted by atomic mass is 9.90. The van der Waals surface area contributed by atoms with Crippen LogP contribution in [0.5, 0.6) is 0 Å². The average Bonchev–Trinajstić information content (AvgIpc) is 2.48. The molecule has 2 rings (SSSR count). The van der Waals surface area contributed by atoms with Crippen molar-refractivity contribution in [2.75, 3.05) is 19.0 Å². The molecule has 1 heterocycles. The Hall–Kier alpha value is -1.88. The number of anilines is 1. The number of piperidine rings is 1. The summed E-state index contributed by atoms with van der Waals surface area (Å²) in [7, 11) is 1.34. The monoisotopic (exact) mass is 276 g/mol. The van der Waals surface area contributed by atoms with Crippen molar-refractivity contribution in [2.24, 2.45) is 0 Å². The summed E-state index contributed by atoms with van der Waals surface area (Å²) in [5, 5.41) is 6.15. The number of carbonyl (C=O) groups is 2. The predicted molar refractivity (Wildman–Crippen MR) is 76.7 cm³/mol. The van der Waals surface area contributed by atoms with E-state index in [0.29, 0.717) is 11.3 Å². The van der Waals surface area contributed by atoms with E-state index in [4.69, 9.17) is 0 Å². The fourth-order valence-corrected chi connectivity index (χ4v) is 2.33. The van der Waals surface area contributed by atoms with Crippen LogP contribution in [0.1, 0.15) is 36.5 Å². The number of ether oxygens (including phenoxy) is 1. The van der Waals surface area contributed by atoms with Crippen LogP contribution in [0.2, 0.25) is 0 Å². The van der Waals surface area contributed by atoms with Gasteiger partial charge >= 0.3 is 5.97 Å². The SMILES string of the molecule is COC(=O)c1ccc(NC(=O)C2(C)CCCCN2)cc1. The third-order valence-electron chi connectivity index (χ3n) is 3.68. The Morgan fingerprint density at radius 1 is 1.25 bits per heavy atom. The van der Waals surface area contributed by atoms with E-state index in [1.165, 1.54) is 7.11 Å². The number of nitrogens with one attached hydrogen (secondary N) is 2. The molecule has 1 saturated heterocycles. The molecule has 1 amide bonds. The molecule has 1 aromatic carbocycles. The number of methoxy groups -OCH3 is 1. The second-order valence-corrected chi connectivity index (χ2v) is 5.24. The molecule has 0 bridgehead atoms. The van der Waals surface area contributed by atoms with E-state index in [2.05, 4.69) is 15.4 Å². The Morgan fingerprint density at radius 3 is 2.50 bits per heavy atom. The van der Waals surface area contributed by atoms with Gasteiger partial charge in [0.25, 0.3) is 0 Å².